The van der Waals surface area contributed by atoms with Crippen molar-refractivity contribution < 1.29 is 4.74 Å². The first kappa shape index (κ1) is 13.7. The monoisotopic (exact) mass is 279 g/mol. The van der Waals surface area contributed by atoms with Crippen molar-refractivity contribution in [2.75, 3.05) is 0 Å². The van der Waals surface area contributed by atoms with Gasteiger partial charge in [-0.1, -0.05) is 24.3 Å². The van der Waals surface area contributed by atoms with Gasteiger partial charge in [0.25, 0.3) is 0 Å². The lowest BCUT2D eigenvalue weighted by Crippen LogP contribution is -2.04. The van der Waals surface area contributed by atoms with E-state index in [-0.39, 0.29) is 0 Å². The van der Waals surface area contributed by atoms with E-state index >= 15 is 0 Å². The number of nitrogens with zero attached hydrogens (tertiary/aromatic N) is 1. The molecule has 2 nitrogen and oxygen atoms in total. The summed E-state index contributed by atoms with van der Waals surface area (Å²) >= 11 is 0. The third-order valence-corrected chi connectivity index (χ3v) is 3.94. The van der Waals surface area contributed by atoms with Crippen LogP contribution in [0.1, 0.15) is 23.7 Å². The SMILES string of the molecule is CCn1c(COc2cccc(C)c2)cc2c(C)cccc21. The normalized spacial score (nSPS) is 11.0. The highest BCUT2D eigenvalue weighted by Gasteiger charge is 2.09. The van der Waals surface area contributed by atoms with Crippen molar-refractivity contribution in [3.05, 3.63) is 65.4 Å². The number of fused-ring (bicyclic) bond motifs is 1. The lowest BCUT2D eigenvalue weighted by atomic mass is 10.1. The zero-order valence-corrected chi connectivity index (χ0v) is 12.9. The Balaban J connectivity index is 1.91. The summed E-state index contributed by atoms with van der Waals surface area (Å²) in [4.78, 5) is 0. The van der Waals surface area contributed by atoms with Gasteiger partial charge in [-0.2, -0.15) is 0 Å². The first-order valence-electron chi connectivity index (χ1n) is 7.46. The van der Waals surface area contributed by atoms with Crippen molar-refractivity contribution in [1.82, 2.24) is 4.57 Å². The maximum Gasteiger partial charge on any atom is 0.128 e. The number of hydrogen-bond donors (Lipinski definition) is 0. The van der Waals surface area contributed by atoms with Crippen LogP contribution in [0.4, 0.5) is 0 Å². The first-order chi connectivity index (χ1) is 10.2. The second-order valence-electron chi connectivity index (χ2n) is 5.49. The van der Waals surface area contributed by atoms with Crippen molar-refractivity contribution in [2.45, 2.75) is 33.9 Å². The summed E-state index contributed by atoms with van der Waals surface area (Å²) in [5.74, 6) is 0.930. The smallest absolute Gasteiger partial charge is 0.128 e. The molecule has 0 amide bonds. The molecule has 0 spiro atoms. The van der Waals surface area contributed by atoms with Gasteiger partial charge in [-0.3, -0.25) is 0 Å². The minimum absolute atomic E-state index is 0.603. The summed E-state index contributed by atoms with van der Waals surface area (Å²) in [5, 5.41) is 1.32. The van der Waals surface area contributed by atoms with Gasteiger partial charge < -0.3 is 9.30 Å². The molecule has 108 valence electrons. The first-order valence-corrected chi connectivity index (χ1v) is 7.46. The van der Waals surface area contributed by atoms with Gasteiger partial charge in [0.1, 0.15) is 12.4 Å². The molecule has 1 heterocycles. The van der Waals surface area contributed by atoms with E-state index in [9.17, 15) is 0 Å². The molecule has 2 heteroatoms. The Morgan fingerprint density at radius 2 is 1.81 bits per heavy atom. The average Bonchev–Trinajstić information content (AvgIpc) is 2.84. The standard InChI is InChI=1S/C19H21NO/c1-4-20-16(12-18-15(3)8-6-10-19(18)20)13-21-17-9-5-7-14(2)11-17/h5-12H,4,13H2,1-3H3. The number of hydrogen-bond acceptors (Lipinski definition) is 1. The molecule has 0 aliphatic carbocycles. The lowest BCUT2D eigenvalue weighted by molar-refractivity contribution is 0.296. The van der Waals surface area contributed by atoms with Crippen LogP contribution in [0.5, 0.6) is 5.75 Å². The molecule has 1 aromatic heterocycles. The van der Waals surface area contributed by atoms with Crippen LogP contribution in [0.15, 0.2) is 48.5 Å². The Labute approximate surface area is 126 Å². The molecule has 0 saturated carbocycles. The summed E-state index contributed by atoms with van der Waals surface area (Å²) in [6, 6.07) is 16.9. The predicted molar refractivity (Wildman–Crippen MR) is 87.9 cm³/mol. The Kier molecular flexibility index (Phi) is 3.70. The van der Waals surface area contributed by atoms with Crippen LogP contribution < -0.4 is 4.74 Å². The van der Waals surface area contributed by atoms with Gasteiger partial charge >= 0.3 is 0 Å². The quantitative estimate of drug-likeness (QED) is 0.665. The van der Waals surface area contributed by atoms with E-state index < -0.39 is 0 Å². The van der Waals surface area contributed by atoms with Crippen LogP contribution >= 0.6 is 0 Å². The van der Waals surface area contributed by atoms with E-state index in [1.54, 1.807) is 0 Å². The summed E-state index contributed by atoms with van der Waals surface area (Å²) in [6.45, 7) is 7.98. The molecule has 0 atom stereocenters. The number of rotatable bonds is 4. The van der Waals surface area contributed by atoms with Gasteiger partial charge in [0.2, 0.25) is 0 Å². The molecule has 3 rings (SSSR count). The third-order valence-electron chi connectivity index (χ3n) is 3.94. The molecular formula is C19H21NO. The summed E-state index contributed by atoms with van der Waals surface area (Å²) < 4.78 is 8.30. The summed E-state index contributed by atoms with van der Waals surface area (Å²) in [6.07, 6.45) is 0. The molecule has 0 unspecified atom stereocenters. The molecule has 0 saturated heterocycles. The van der Waals surface area contributed by atoms with Crippen LogP contribution in [-0.4, -0.2) is 4.57 Å². The number of aromatic nitrogens is 1. The summed E-state index contributed by atoms with van der Waals surface area (Å²) in [7, 11) is 0. The molecule has 3 aromatic rings. The second kappa shape index (κ2) is 5.65. The fraction of sp³-hybridized carbons (Fsp3) is 0.263. The Hall–Kier alpha value is -2.22. The molecule has 2 aromatic carbocycles. The fourth-order valence-electron chi connectivity index (χ4n) is 2.84. The molecule has 0 aliphatic heterocycles. The minimum Gasteiger partial charge on any atom is -0.487 e. The topological polar surface area (TPSA) is 14.2 Å². The molecule has 0 bridgehead atoms. The average molecular weight is 279 g/mol. The fourth-order valence-corrected chi connectivity index (χ4v) is 2.84. The van der Waals surface area contributed by atoms with Gasteiger partial charge in [0.05, 0.1) is 5.69 Å². The number of benzene rings is 2. The van der Waals surface area contributed by atoms with E-state index in [1.165, 1.54) is 27.7 Å². The van der Waals surface area contributed by atoms with E-state index in [4.69, 9.17) is 4.74 Å². The van der Waals surface area contributed by atoms with E-state index in [0.717, 1.165) is 12.3 Å². The molecule has 0 radical (unpaired) electrons. The molecular weight excluding hydrogens is 258 g/mol. The highest BCUT2D eigenvalue weighted by atomic mass is 16.5. The van der Waals surface area contributed by atoms with Gasteiger partial charge in [-0.05, 0) is 56.2 Å². The second-order valence-corrected chi connectivity index (χ2v) is 5.49. The minimum atomic E-state index is 0.603. The van der Waals surface area contributed by atoms with E-state index in [1.807, 2.05) is 12.1 Å². The Bertz CT molecular complexity index is 770. The van der Waals surface area contributed by atoms with Crippen molar-refractivity contribution in [2.24, 2.45) is 0 Å². The van der Waals surface area contributed by atoms with Gasteiger partial charge in [0.15, 0.2) is 0 Å². The van der Waals surface area contributed by atoms with Gasteiger partial charge in [0, 0.05) is 17.4 Å². The molecule has 0 N–H and O–H groups in total. The van der Waals surface area contributed by atoms with Gasteiger partial charge in [-0.25, -0.2) is 0 Å². The number of ether oxygens (including phenoxy) is 1. The van der Waals surface area contributed by atoms with Crippen molar-refractivity contribution in [3.63, 3.8) is 0 Å². The zero-order chi connectivity index (χ0) is 14.8. The van der Waals surface area contributed by atoms with E-state index in [0.29, 0.717) is 6.61 Å². The number of aryl methyl sites for hydroxylation is 3. The molecule has 0 fully saturated rings. The lowest BCUT2D eigenvalue weighted by Gasteiger charge is -2.10. The van der Waals surface area contributed by atoms with Crippen molar-refractivity contribution in [3.8, 4) is 5.75 Å². The predicted octanol–water partition coefficient (Wildman–Crippen LogP) is 4.86. The molecule has 0 aliphatic rings. The van der Waals surface area contributed by atoms with Crippen LogP contribution in [0, 0.1) is 13.8 Å². The van der Waals surface area contributed by atoms with Crippen LogP contribution in [0.25, 0.3) is 10.9 Å². The largest absolute Gasteiger partial charge is 0.487 e. The third kappa shape index (κ3) is 2.66. The Morgan fingerprint density at radius 3 is 2.57 bits per heavy atom. The maximum absolute atomic E-state index is 5.96. The highest BCUT2D eigenvalue weighted by molar-refractivity contribution is 5.84. The zero-order valence-electron chi connectivity index (χ0n) is 12.9. The van der Waals surface area contributed by atoms with Crippen molar-refractivity contribution >= 4 is 10.9 Å². The van der Waals surface area contributed by atoms with Gasteiger partial charge in [-0.15, -0.1) is 0 Å². The maximum atomic E-state index is 5.96. The van der Waals surface area contributed by atoms with E-state index in [2.05, 4.69) is 61.7 Å². The molecule has 21 heavy (non-hydrogen) atoms. The highest BCUT2D eigenvalue weighted by Crippen LogP contribution is 2.24. The van der Waals surface area contributed by atoms with Crippen LogP contribution in [0.2, 0.25) is 0 Å². The summed E-state index contributed by atoms with van der Waals surface area (Å²) in [5.41, 5.74) is 5.06. The Morgan fingerprint density at radius 1 is 1.00 bits per heavy atom. The van der Waals surface area contributed by atoms with Crippen LogP contribution in [-0.2, 0) is 13.2 Å². The van der Waals surface area contributed by atoms with Crippen molar-refractivity contribution in [1.29, 1.82) is 0 Å². The van der Waals surface area contributed by atoms with Crippen LogP contribution in [0.3, 0.4) is 0 Å².